The second-order valence-electron chi connectivity index (χ2n) is 5.77. The van der Waals surface area contributed by atoms with Crippen LogP contribution in [0.2, 0.25) is 0 Å². The van der Waals surface area contributed by atoms with Gasteiger partial charge in [-0.3, -0.25) is 4.98 Å². The Morgan fingerprint density at radius 2 is 1.81 bits per heavy atom. The third-order valence-electron chi connectivity index (χ3n) is 4.02. The van der Waals surface area contributed by atoms with E-state index in [0.29, 0.717) is 0 Å². The average molecular weight is 282 g/mol. The minimum Gasteiger partial charge on any atom is -0.313 e. The van der Waals surface area contributed by atoms with Crippen molar-refractivity contribution in [3.8, 4) is 11.3 Å². The Hall–Kier alpha value is -1.67. The molecular formula is C19H26N2. The third kappa shape index (κ3) is 4.15. The van der Waals surface area contributed by atoms with E-state index in [2.05, 4.69) is 63.3 Å². The first-order chi connectivity index (χ1) is 10.1. The maximum Gasteiger partial charge on any atom is 0.0705 e. The summed E-state index contributed by atoms with van der Waals surface area (Å²) in [5, 5.41) is 3.48. The molecule has 0 unspecified atom stereocenters. The molecule has 0 aliphatic heterocycles. The molecule has 0 saturated carbocycles. The minimum absolute atomic E-state index is 0.909. The summed E-state index contributed by atoms with van der Waals surface area (Å²) < 4.78 is 0. The Morgan fingerprint density at radius 3 is 2.48 bits per heavy atom. The summed E-state index contributed by atoms with van der Waals surface area (Å²) in [5.41, 5.74) is 7.32. The molecule has 0 aliphatic rings. The van der Waals surface area contributed by atoms with Crippen molar-refractivity contribution < 1.29 is 0 Å². The van der Waals surface area contributed by atoms with E-state index >= 15 is 0 Å². The molecule has 0 radical (unpaired) electrons. The molecule has 0 bridgehead atoms. The van der Waals surface area contributed by atoms with Gasteiger partial charge in [-0.1, -0.05) is 31.5 Å². The topological polar surface area (TPSA) is 24.9 Å². The number of nitrogens with zero attached hydrogens (tertiary/aromatic N) is 1. The van der Waals surface area contributed by atoms with Gasteiger partial charge in [0.15, 0.2) is 0 Å². The normalized spacial score (nSPS) is 10.9. The number of benzene rings is 1. The largest absolute Gasteiger partial charge is 0.313 e. The van der Waals surface area contributed by atoms with Crippen LogP contribution in [0.5, 0.6) is 0 Å². The number of pyridine rings is 1. The van der Waals surface area contributed by atoms with Crippen LogP contribution in [-0.2, 0) is 6.54 Å². The fraction of sp³-hybridized carbons (Fsp3) is 0.421. The standard InChI is InChI=1S/C19H26N2/c1-5-6-11-20-13-18-9-10-19(21-16(18)4)17-8-7-14(2)15(3)12-17/h7-10,12,20H,5-6,11,13H2,1-4H3. The van der Waals surface area contributed by atoms with E-state index in [4.69, 9.17) is 4.98 Å². The van der Waals surface area contributed by atoms with Gasteiger partial charge in [0, 0.05) is 17.8 Å². The highest BCUT2D eigenvalue weighted by Gasteiger charge is 2.05. The molecule has 2 rings (SSSR count). The lowest BCUT2D eigenvalue weighted by molar-refractivity contribution is 0.638. The molecule has 0 fully saturated rings. The van der Waals surface area contributed by atoms with Gasteiger partial charge in [0.25, 0.3) is 0 Å². The molecule has 0 amide bonds. The van der Waals surface area contributed by atoms with Crippen LogP contribution in [0.25, 0.3) is 11.3 Å². The van der Waals surface area contributed by atoms with E-state index in [0.717, 1.165) is 24.5 Å². The number of hydrogen-bond donors (Lipinski definition) is 1. The van der Waals surface area contributed by atoms with E-state index in [1.54, 1.807) is 0 Å². The summed E-state index contributed by atoms with van der Waals surface area (Å²) in [4.78, 5) is 4.77. The zero-order chi connectivity index (χ0) is 15.2. The lowest BCUT2D eigenvalue weighted by atomic mass is 10.0. The molecule has 1 aromatic carbocycles. The summed E-state index contributed by atoms with van der Waals surface area (Å²) in [7, 11) is 0. The summed E-state index contributed by atoms with van der Waals surface area (Å²) in [6, 6.07) is 10.9. The van der Waals surface area contributed by atoms with Gasteiger partial charge in [-0.15, -0.1) is 0 Å². The second kappa shape index (κ2) is 7.37. The van der Waals surface area contributed by atoms with Gasteiger partial charge in [0.05, 0.1) is 5.69 Å². The van der Waals surface area contributed by atoms with Crippen molar-refractivity contribution >= 4 is 0 Å². The van der Waals surface area contributed by atoms with Gasteiger partial charge in [-0.05, 0) is 62.6 Å². The molecule has 2 heteroatoms. The van der Waals surface area contributed by atoms with Crippen molar-refractivity contribution in [2.24, 2.45) is 0 Å². The van der Waals surface area contributed by atoms with Crippen LogP contribution in [0.4, 0.5) is 0 Å². The number of aromatic nitrogens is 1. The van der Waals surface area contributed by atoms with Gasteiger partial charge in [-0.2, -0.15) is 0 Å². The highest BCUT2D eigenvalue weighted by Crippen LogP contribution is 2.21. The molecule has 1 heterocycles. The molecule has 0 saturated heterocycles. The highest BCUT2D eigenvalue weighted by atomic mass is 14.9. The maximum atomic E-state index is 4.77. The summed E-state index contributed by atoms with van der Waals surface area (Å²) in [5.74, 6) is 0. The van der Waals surface area contributed by atoms with E-state index in [1.807, 2.05) is 0 Å². The van der Waals surface area contributed by atoms with E-state index in [9.17, 15) is 0 Å². The molecule has 0 spiro atoms. The van der Waals surface area contributed by atoms with E-state index in [1.165, 1.54) is 35.1 Å². The Labute approximate surface area is 128 Å². The van der Waals surface area contributed by atoms with Crippen molar-refractivity contribution in [2.45, 2.75) is 47.1 Å². The first-order valence-corrected chi connectivity index (χ1v) is 7.86. The van der Waals surface area contributed by atoms with Gasteiger partial charge in [-0.25, -0.2) is 0 Å². The Morgan fingerprint density at radius 1 is 1.00 bits per heavy atom. The van der Waals surface area contributed by atoms with Crippen LogP contribution < -0.4 is 5.32 Å². The number of aryl methyl sites for hydroxylation is 3. The monoisotopic (exact) mass is 282 g/mol. The van der Waals surface area contributed by atoms with Crippen molar-refractivity contribution in [1.82, 2.24) is 10.3 Å². The molecule has 0 aliphatic carbocycles. The molecule has 1 aromatic heterocycles. The Bertz CT molecular complexity index is 603. The van der Waals surface area contributed by atoms with Crippen molar-refractivity contribution in [3.63, 3.8) is 0 Å². The van der Waals surface area contributed by atoms with Gasteiger partial charge < -0.3 is 5.32 Å². The second-order valence-corrected chi connectivity index (χ2v) is 5.77. The summed E-state index contributed by atoms with van der Waals surface area (Å²) in [6.45, 7) is 10.6. The molecule has 0 atom stereocenters. The molecule has 112 valence electrons. The first kappa shape index (κ1) is 15.7. The predicted octanol–water partition coefficient (Wildman–Crippen LogP) is 4.56. The lowest BCUT2D eigenvalue weighted by Crippen LogP contribution is -2.15. The zero-order valence-corrected chi connectivity index (χ0v) is 13.7. The molecule has 2 nitrogen and oxygen atoms in total. The van der Waals surface area contributed by atoms with Crippen LogP contribution in [0.1, 0.15) is 42.1 Å². The number of unbranched alkanes of at least 4 members (excludes halogenated alkanes) is 1. The van der Waals surface area contributed by atoms with E-state index in [-0.39, 0.29) is 0 Å². The molecular weight excluding hydrogens is 256 g/mol. The summed E-state index contributed by atoms with van der Waals surface area (Å²) >= 11 is 0. The first-order valence-electron chi connectivity index (χ1n) is 7.86. The summed E-state index contributed by atoms with van der Waals surface area (Å²) in [6.07, 6.45) is 2.46. The van der Waals surface area contributed by atoms with Crippen molar-refractivity contribution in [3.05, 3.63) is 52.7 Å². The molecule has 21 heavy (non-hydrogen) atoms. The zero-order valence-electron chi connectivity index (χ0n) is 13.7. The Kier molecular flexibility index (Phi) is 5.51. The Balaban J connectivity index is 2.12. The molecule has 1 N–H and O–H groups in total. The van der Waals surface area contributed by atoms with Crippen LogP contribution in [-0.4, -0.2) is 11.5 Å². The number of rotatable bonds is 6. The third-order valence-corrected chi connectivity index (χ3v) is 4.02. The van der Waals surface area contributed by atoms with Gasteiger partial charge in [0.1, 0.15) is 0 Å². The van der Waals surface area contributed by atoms with Crippen molar-refractivity contribution in [1.29, 1.82) is 0 Å². The quantitative estimate of drug-likeness (QED) is 0.785. The van der Waals surface area contributed by atoms with Crippen molar-refractivity contribution in [2.75, 3.05) is 6.54 Å². The molecule has 2 aromatic rings. The fourth-order valence-electron chi connectivity index (χ4n) is 2.36. The minimum atomic E-state index is 0.909. The van der Waals surface area contributed by atoms with Crippen LogP contribution in [0, 0.1) is 20.8 Å². The van der Waals surface area contributed by atoms with Crippen LogP contribution >= 0.6 is 0 Å². The SMILES string of the molecule is CCCCNCc1ccc(-c2ccc(C)c(C)c2)nc1C. The number of hydrogen-bond acceptors (Lipinski definition) is 2. The predicted molar refractivity (Wildman–Crippen MR) is 90.5 cm³/mol. The van der Waals surface area contributed by atoms with Crippen LogP contribution in [0.15, 0.2) is 30.3 Å². The lowest BCUT2D eigenvalue weighted by Gasteiger charge is -2.10. The van der Waals surface area contributed by atoms with Gasteiger partial charge >= 0.3 is 0 Å². The average Bonchev–Trinajstić information content (AvgIpc) is 2.48. The van der Waals surface area contributed by atoms with E-state index < -0.39 is 0 Å². The van der Waals surface area contributed by atoms with Crippen LogP contribution in [0.3, 0.4) is 0 Å². The highest BCUT2D eigenvalue weighted by molar-refractivity contribution is 5.61. The van der Waals surface area contributed by atoms with Gasteiger partial charge in [0.2, 0.25) is 0 Å². The maximum absolute atomic E-state index is 4.77. The smallest absolute Gasteiger partial charge is 0.0705 e. The number of nitrogens with one attached hydrogen (secondary N) is 1. The fourth-order valence-corrected chi connectivity index (χ4v) is 2.36.